The zero-order valence-electron chi connectivity index (χ0n) is 11.9. The van der Waals surface area contributed by atoms with Crippen molar-refractivity contribution in [2.45, 2.75) is 24.3 Å². The number of carbonyl (C=O) groups is 1. The Balaban J connectivity index is 2.81. The Morgan fingerprint density at radius 2 is 2.00 bits per heavy atom. The van der Waals surface area contributed by atoms with Crippen LogP contribution >= 0.6 is 11.8 Å². The third kappa shape index (κ3) is 5.56. The second-order valence-corrected chi connectivity index (χ2v) is 7.28. The number of thioether (sulfide) groups is 1. The fraction of sp³-hybridized carbons (Fsp3) is 0.462. The topological polar surface area (TPSA) is 92.7 Å². The molecule has 0 fully saturated rings. The zero-order valence-corrected chi connectivity index (χ0v) is 13.5. The molecule has 0 aliphatic rings. The Kier molecular flexibility index (Phi) is 7.00. The minimum absolute atomic E-state index is 0.0118. The number of benzene rings is 1. The van der Waals surface area contributed by atoms with E-state index in [0.717, 1.165) is 5.75 Å². The van der Waals surface area contributed by atoms with Crippen molar-refractivity contribution in [2.24, 2.45) is 0 Å². The molecule has 1 unspecified atom stereocenters. The van der Waals surface area contributed by atoms with Crippen molar-refractivity contribution in [3.8, 4) is 5.75 Å². The first kappa shape index (κ1) is 17.8. The van der Waals surface area contributed by atoms with Crippen molar-refractivity contribution in [3.05, 3.63) is 24.3 Å². The number of hydrogen-bond donors (Lipinski definition) is 2. The Bertz CT molecular complexity index is 556. The lowest BCUT2D eigenvalue weighted by Crippen LogP contribution is -2.41. The summed E-state index contributed by atoms with van der Waals surface area (Å²) in [5.74, 6) is 0.794. The Labute approximate surface area is 128 Å². The van der Waals surface area contributed by atoms with Gasteiger partial charge in [-0.2, -0.15) is 16.5 Å². The normalized spacial score (nSPS) is 12.9. The van der Waals surface area contributed by atoms with Crippen LogP contribution < -0.4 is 9.46 Å². The maximum absolute atomic E-state index is 12.2. The molecule has 8 heteroatoms. The predicted octanol–water partition coefficient (Wildman–Crippen LogP) is 1.57. The van der Waals surface area contributed by atoms with Gasteiger partial charge in [0, 0.05) is 0 Å². The molecule has 0 aromatic heterocycles. The lowest BCUT2D eigenvalue weighted by Gasteiger charge is -2.14. The summed E-state index contributed by atoms with van der Waals surface area (Å²) in [6.07, 6.45) is 0.239. The third-order valence-corrected chi connectivity index (χ3v) is 5.14. The minimum atomic E-state index is -3.86. The van der Waals surface area contributed by atoms with E-state index in [1.807, 2.05) is 6.92 Å². The number of ether oxygens (including phenoxy) is 1. The van der Waals surface area contributed by atoms with Crippen molar-refractivity contribution < 1.29 is 23.1 Å². The van der Waals surface area contributed by atoms with Crippen LogP contribution in [0.1, 0.15) is 13.3 Å². The number of nitrogens with one attached hydrogen (secondary N) is 1. The molecular formula is C13H19NO5S2. The molecule has 0 amide bonds. The van der Waals surface area contributed by atoms with Gasteiger partial charge in [0.2, 0.25) is 10.0 Å². The first-order valence-electron chi connectivity index (χ1n) is 6.37. The van der Waals surface area contributed by atoms with Gasteiger partial charge in [-0.25, -0.2) is 8.42 Å². The largest absolute Gasteiger partial charge is 0.497 e. The van der Waals surface area contributed by atoms with Gasteiger partial charge in [0.15, 0.2) is 0 Å². The molecule has 118 valence electrons. The molecule has 6 nitrogen and oxygen atoms in total. The van der Waals surface area contributed by atoms with Crippen molar-refractivity contribution in [3.63, 3.8) is 0 Å². The quantitative estimate of drug-likeness (QED) is 0.666. The van der Waals surface area contributed by atoms with E-state index in [4.69, 9.17) is 9.84 Å². The predicted molar refractivity (Wildman–Crippen MR) is 82.4 cm³/mol. The van der Waals surface area contributed by atoms with E-state index in [9.17, 15) is 13.2 Å². The molecule has 21 heavy (non-hydrogen) atoms. The zero-order chi connectivity index (χ0) is 15.9. The Morgan fingerprint density at radius 3 is 2.48 bits per heavy atom. The second kappa shape index (κ2) is 8.26. The van der Waals surface area contributed by atoms with Crippen LogP contribution in [-0.2, 0) is 14.8 Å². The average molecular weight is 333 g/mol. The second-order valence-electron chi connectivity index (χ2n) is 4.17. The van der Waals surface area contributed by atoms with Gasteiger partial charge in [0.05, 0.1) is 12.0 Å². The lowest BCUT2D eigenvalue weighted by atomic mass is 10.2. The van der Waals surface area contributed by atoms with Crippen LogP contribution in [0.3, 0.4) is 0 Å². The summed E-state index contributed by atoms with van der Waals surface area (Å²) in [5, 5.41) is 9.11. The smallest absolute Gasteiger partial charge is 0.321 e. The summed E-state index contributed by atoms with van der Waals surface area (Å²) in [6.45, 7) is 1.96. The highest BCUT2D eigenvalue weighted by Gasteiger charge is 2.25. The van der Waals surface area contributed by atoms with Gasteiger partial charge >= 0.3 is 5.97 Å². The van der Waals surface area contributed by atoms with Crippen LogP contribution in [0, 0.1) is 0 Å². The first-order chi connectivity index (χ1) is 9.90. The molecule has 1 aromatic carbocycles. The van der Waals surface area contributed by atoms with E-state index in [-0.39, 0.29) is 11.3 Å². The molecule has 1 atom stereocenters. The molecule has 0 saturated carbocycles. The molecule has 0 heterocycles. The fourth-order valence-electron chi connectivity index (χ4n) is 1.59. The van der Waals surface area contributed by atoms with Gasteiger partial charge in [-0.3, -0.25) is 4.79 Å². The molecule has 1 aromatic rings. The summed E-state index contributed by atoms with van der Waals surface area (Å²) < 4.78 is 31.5. The summed E-state index contributed by atoms with van der Waals surface area (Å²) in [7, 11) is -2.38. The number of carboxylic acid groups (broad SMARTS) is 1. The number of hydrogen-bond acceptors (Lipinski definition) is 5. The molecule has 0 saturated heterocycles. The summed E-state index contributed by atoms with van der Waals surface area (Å²) in [5.41, 5.74) is 0. The standard InChI is InChI=1S/C13H19NO5S2/c1-3-20-9-8-12(13(15)16)14-21(17,18)11-6-4-10(19-2)5-7-11/h4-7,12,14H,3,8-9H2,1-2H3,(H,15,16). The van der Waals surface area contributed by atoms with Crippen molar-refractivity contribution >= 4 is 27.8 Å². The summed E-state index contributed by atoms with van der Waals surface area (Å²) in [6, 6.07) is 4.65. The third-order valence-electron chi connectivity index (χ3n) is 2.72. The molecule has 0 aliphatic carbocycles. The van der Waals surface area contributed by atoms with Crippen molar-refractivity contribution in [2.75, 3.05) is 18.6 Å². The van der Waals surface area contributed by atoms with Gasteiger partial charge in [-0.1, -0.05) is 6.92 Å². The fourth-order valence-corrected chi connectivity index (χ4v) is 3.50. The van der Waals surface area contributed by atoms with E-state index >= 15 is 0 Å². The molecule has 0 radical (unpaired) electrons. The molecule has 1 rings (SSSR count). The molecular weight excluding hydrogens is 314 g/mol. The molecule has 2 N–H and O–H groups in total. The Morgan fingerprint density at radius 1 is 1.38 bits per heavy atom. The van der Waals surface area contributed by atoms with Crippen molar-refractivity contribution in [1.82, 2.24) is 4.72 Å². The van der Waals surface area contributed by atoms with Crippen LogP contribution in [0.2, 0.25) is 0 Å². The van der Waals surface area contributed by atoms with Gasteiger partial charge in [-0.05, 0) is 42.2 Å². The maximum atomic E-state index is 12.2. The highest BCUT2D eigenvalue weighted by molar-refractivity contribution is 7.99. The van der Waals surface area contributed by atoms with E-state index < -0.39 is 22.0 Å². The first-order valence-corrected chi connectivity index (χ1v) is 9.01. The molecule has 0 spiro atoms. The van der Waals surface area contributed by atoms with Gasteiger partial charge in [-0.15, -0.1) is 0 Å². The lowest BCUT2D eigenvalue weighted by molar-refractivity contribution is -0.139. The summed E-state index contributed by atoms with van der Waals surface area (Å²) >= 11 is 1.57. The van der Waals surface area contributed by atoms with Crippen LogP contribution in [0.5, 0.6) is 5.75 Å². The van der Waals surface area contributed by atoms with Crippen LogP contribution in [0.25, 0.3) is 0 Å². The van der Waals surface area contributed by atoms with Gasteiger partial charge in [0.1, 0.15) is 11.8 Å². The Hall–Kier alpha value is -1.25. The molecule has 0 bridgehead atoms. The summed E-state index contributed by atoms with van der Waals surface area (Å²) in [4.78, 5) is 11.2. The monoisotopic (exact) mass is 333 g/mol. The highest BCUT2D eigenvalue weighted by Crippen LogP contribution is 2.16. The van der Waals surface area contributed by atoms with Crippen LogP contribution in [-0.4, -0.2) is 44.2 Å². The maximum Gasteiger partial charge on any atom is 0.321 e. The minimum Gasteiger partial charge on any atom is -0.497 e. The number of methoxy groups -OCH3 is 1. The van der Waals surface area contributed by atoms with Gasteiger partial charge < -0.3 is 9.84 Å². The number of aliphatic carboxylic acids is 1. The number of rotatable bonds is 9. The van der Waals surface area contributed by atoms with E-state index in [2.05, 4.69) is 4.72 Å². The van der Waals surface area contributed by atoms with E-state index in [1.165, 1.54) is 31.4 Å². The highest BCUT2D eigenvalue weighted by atomic mass is 32.2. The van der Waals surface area contributed by atoms with E-state index in [1.54, 1.807) is 11.8 Å². The molecule has 0 aliphatic heterocycles. The van der Waals surface area contributed by atoms with Gasteiger partial charge in [0.25, 0.3) is 0 Å². The number of sulfonamides is 1. The average Bonchev–Trinajstić information content (AvgIpc) is 2.46. The van der Waals surface area contributed by atoms with Crippen LogP contribution in [0.15, 0.2) is 29.2 Å². The van der Waals surface area contributed by atoms with Crippen LogP contribution in [0.4, 0.5) is 0 Å². The van der Waals surface area contributed by atoms with E-state index in [0.29, 0.717) is 11.5 Å². The van der Waals surface area contributed by atoms with Crippen molar-refractivity contribution in [1.29, 1.82) is 0 Å². The SMILES string of the molecule is CCSCCC(NS(=O)(=O)c1ccc(OC)cc1)C(=O)O. The number of carboxylic acids is 1.